The number of aromatic nitrogens is 3. The van der Waals surface area contributed by atoms with Gasteiger partial charge in [-0.25, -0.2) is 9.97 Å². The first-order valence-corrected chi connectivity index (χ1v) is 9.87. The average molecular weight is 392 g/mol. The Morgan fingerprint density at radius 1 is 1.21 bits per heavy atom. The Morgan fingerprint density at radius 3 is 2.90 bits per heavy atom. The van der Waals surface area contributed by atoms with E-state index < -0.39 is 0 Å². The van der Waals surface area contributed by atoms with Gasteiger partial charge in [0.05, 0.1) is 17.9 Å². The van der Waals surface area contributed by atoms with Crippen LogP contribution in [0.25, 0.3) is 11.3 Å². The summed E-state index contributed by atoms with van der Waals surface area (Å²) in [5.74, 6) is 0.572. The first kappa shape index (κ1) is 19.1. The molecule has 2 heterocycles. The summed E-state index contributed by atoms with van der Waals surface area (Å²) in [6.07, 6.45) is 7.93. The number of anilines is 1. The fraction of sp³-hybridized carbons (Fsp3) is 0.318. The first-order valence-electron chi connectivity index (χ1n) is 9.87. The minimum atomic E-state index is -0.168. The zero-order chi connectivity index (χ0) is 20.1. The quantitative estimate of drug-likeness (QED) is 0.600. The second kappa shape index (κ2) is 8.87. The summed E-state index contributed by atoms with van der Waals surface area (Å²) in [5, 5.41) is 2.97. The largest absolute Gasteiger partial charge is 0.491 e. The van der Waals surface area contributed by atoms with Crippen LogP contribution in [0.1, 0.15) is 35.0 Å². The van der Waals surface area contributed by atoms with Gasteiger partial charge in [-0.05, 0) is 56.0 Å². The van der Waals surface area contributed by atoms with Gasteiger partial charge in [-0.15, -0.1) is 0 Å². The molecule has 0 unspecified atom stereocenters. The number of H-pyrrole nitrogens is 1. The molecule has 1 aliphatic rings. The minimum absolute atomic E-state index is 0.168. The van der Waals surface area contributed by atoms with Crippen LogP contribution in [0.5, 0.6) is 5.75 Å². The third-order valence-corrected chi connectivity index (χ3v) is 4.92. The molecule has 7 nitrogen and oxygen atoms in total. The fourth-order valence-electron chi connectivity index (χ4n) is 3.53. The molecule has 0 aliphatic heterocycles. The van der Waals surface area contributed by atoms with Gasteiger partial charge in [0, 0.05) is 35.9 Å². The summed E-state index contributed by atoms with van der Waals surface area (Å²) in [6, 6.07) is 7.33. The Bertz CT molecular complexity index is 982. The normalized spacial score (nSPS) is 12.6. The van der Waals surface area contributed by atoms with E-state index in [0.29, 0.717) is 31.1 Å². The monoisotopic (exact) mass is 392 g/mol. The zero-order valence-electron chi connectivity index (χ0n) is 16.4. The summed E-state index contributed by atoms with van der Waals surface area (Å²) in [5.41, 5.74) is 5.15. The lowest BCUT2D eigenvalue weighted by molar-refractivity contribution is 0.102. The predicted octanol–water partition coefficient (Wildman–Crippen LogP) is 3.63. The fourth-order valence-corrected chi connectivity index (χ4v) is 3.53. The van der Waals surface area contributed by atoms with Crippen LogP contribution in [0.3, 0.4) is 0 Å². The number of nitrogens with one attached hydrogen (secondary N) is 2. The van der Waals surface area contributed by atoms with Crippen molar-refractivity contribution in [3.05, 3.63) is 59.8 Å². The van der Waals surface area contributed by atoms with Crippen molar-refractivity contribution in [2.45, 2.75) is 26.2 Å². The van der Waals surface area contributed by atoms with Gasteiger partial charge in [-0.1, -0.05) is 0 Å². The van der Waals surface area contributed by atoms with E-state index in [1.807, 2.05) is 37.4 Å². The van der Waals surface area contributed by atoms with E-state index in [2.05, 4.69) is 20.3 Å². The molecular weight excluding hydrogens is 368 g/mol. The van der Waals surface area contributed by atoms with Crippen molar-refractivity contribution in [3.8, 4) is 17.0 Å². The highest BCUT2D eigenvalue weighted by atomic mass is 16.5. The number of hydrogen-bond acceptors (Lipinski definition) is 5. The van der Waals surface area contributed by atoms with E-state index in [0.717, 1.165) is 47.5 Å². The Hall–Kier alpha value is -3.19. The van der Waals surface area contributed by atoms with Crippen molar-refractivity contribution in [1.82, 2.24) is 15.0 Å². The summed E-state index contributed by atoms with van der Waals surface area (Å²) in [6.45, 7) is 3.68. The number of aromatic amines is 1. The standard InChI is InChI=1S/C22H24N4O3/c1-2-28-10-11-29-17-8-6-16(7-9-17)26-22(27)18-13-24-19-5-3-4-15-12-23-14-25-21(15)20(18)19/h6-9,12-14,24H,2-5,10-11H2,1H3,(H,26,27). The van der Waals surface area contributed by atoms with Crippen LogP contribution < -0.4 is 10.1 Å². The van der Waals surface area contributed by atoms with Gasteiger partial charge in [0.15, 0.2) is 0 Å². The molecule has 0 spiro atoms. The Kier molecular flexibility index (Phi) is 5.86. The summed E-state index contributed by atoms with van der Waals surface area (Å²) in [4.78, 5) is 24.8. The molecule has 0 radical (unpaired) electrons. The number of carbonyl (C=O) groups is 1. The molecule has 150 valence electrons. The Balaban J connectivity index is 1.49. The third kappa shape index (κ3) is 4.30. The molecule has 4 rings (SSSR count). The lowest BCUT2D eigenvalue weighted by Gasteiger charge is -2.10. The molecule has 2 N–H and O–H groups in total. The van der Waals surface area contributed by atoms with E-state index >= 15 is 0 Å². The smallest absolute Gasteiger partial charge is 0.257 e. The maximum atomic E-state index is 13.0. The summed E-state index contributed by atoms with van der Waals surface area (Å²) in [7, 11) is 0. The highest BCUT2D eigenvalue weighted by molar-refractivity contribution is 6.09. The molecule has 1 aromatic carbocycles. The predicted molar refractivity (Wildman–Crippen MR) is 110 cm³/mol. The maximum absolute atomic E-state index is 13.0. The van der Waals surface area contributed by atoms with Gasteiger partial charge in [0.25, 0.3) is 5.91 Å². The number of rotatable bonds is 7. The number of benzene rings is 1. The van der Waals surface area contributed by atoms with Crippen molar-refractivity contribution in [1.29, 1.82) is 0 Å². The average Bonchev–Trinajstić information content (AvgIpc) is 3.08. The Labute approximate surface area is 169 Å². The van der Waals surface area contributed by atoms with Crippen molar-refractivity contribution in [2.24, 2.45) is 0 Å². The van der Waals surface area contributed by atoms with Gasteiger partial charge < -0.3 is 19.8 Å². The van der Waals surface area contributed by atoms with Crippen molar-refractivity contribution < 1.29 is 14.3 Å². The third-order valence-electron chi connectivity index (χ3n) is 4.92. The molecule has 0 saturated carbocycles. The molecule has 0 bridgehead atoms. The number of ether oxygens (including phenoxy) is 2. The zero-order valence-corrected chi connectivity index (χ0v) is 16.4. The number of nitrogens with zero attached hydrogens (tertiary/aromatic N) is 2. The minimum Gasteiger partial charge on any atom is -0.491 e. The second-order valence-electron chi connectivity index (χ2n) is 6.83. The Morgan fingerprint density at radius 2 is 2.07 bits per heavy atom. The number of carbonyl (C=O) groups excluding carboxylic acids is 1. The highest BCUT2D eigenvalue weighted by Crippen LogP contribution is 2.33. The number of hydrogen-bond donors (Lipinski definition) is 2. The molecule has 7 heteroatoms. The van der Waals surface area contributed by atoms with Gasteiger partial charge in [0.1, 0.15) is 18.7 Å². The molecule has 1 aliphatic carbocycles. The van der Waals surface area contributed by atoms with Crippen molar-refractivity contribution >= 4 is 11.6 Å². The summed E-state index contributed by atoms with van der Waals surface area (Å²) >= 11 is 0. The first-order chi connectivity index (χ1) is 14.3. The van der Waals surface area contributed by atoms with Crippen LogP contribution in [0, 0.1) is 0 Å². The topological polar surface area (TPSA) is 89.1 Å². The molecule has 2 aromatic heterocycles. The number of amides is 1. The second-order valence-corrected chi connectivity index (χ2v) is 6.83. The van der Waals surface area contributed by atoms with E-state index in [-0.39, 0.29) is 5.91 Å². The van der Waals surface area contributed by atoms with Gasteiger partial charge in [0.2, 0.25) is 0 Å². The van der Waals surface area contributed by atoms with Gasteiger partial charge >= 0.3 is 0 Å². The van der Waals surface area contributed by atoms with Crippen molar-refractivity contribution in [2.75, 3.05) is 25.1 Å². The van der Waals surface area contributed by atoms with Gasteiger partial charge in [-0.3, -0.25) is 4.79 Å². The highest BCUT2D eigenvalue weighted by Gasteiger charge is 2.24. The SMILES string of the molecule is CCOCCOc1ccc(NC(=O)c2c[nH]c3c2-c2ncncc2CCC3)cc1. The number of aryl methyl sites for hydroxylation is 2. The number of fused-ring (bicyclic) bond motifs is 3. The van der Waals surface area contributed by atoms with Gasteiger partial charge in [-0.2, -0.15) is 0 Å². The molecule has 3 aromatic rings. The van der Waals surface area contributed by atoms with E-state index in [1.165, 1.54) is 6.33 Å². The van der Waals surface area contributed by atoms with Crippen LogP contribution in [0.2, 0.25) is 0 Å². The van der Waals surface area contributed by atoms with Crippen LogP contribution >= 0.6 is 0 Å². The van der Waals surface area contributed by atoms with Crippen LogP contribution in [0.15, 0.2) is 43.0 Å². The molecule has 1 amide bonds. The van der Waals surface area contributed by atoms with Crippen LogP contribution in [-0.2, 0) is 17.6 Å². The maximum Gasteiger partial charge on any atom is 0.257 e. The molecule has 0 saturated heterocycles. The van der Waals surface area contributed by atoms with Crippen LogP contribution in [0.4, 0.5) is 5.69 Å². The van der Waals surface area contributed by atoms with E-state index in [9.17, 15) is 4.79 Å². The summed E-state index contributed by atoms with van der Waals surface area (Å²) < 4.78 is 10.9. The van der Waals surface area contributed by atoms with E-state index in [4.69, 9.17) is 9.47 Å². The van der Waals surface area contributed by atoms with Crippen molar-refractivity contribution in [3.63, 3.8) is 0 Å². The molecular formula is C22H24N4O3. The lowest BCUT2D eigenvalue weighted by Crippen LogP contribution is -2.12. The molecule has 0 fully saturated rings. The molecule has 0 atom stereocenters. The molecule has 29 heavy (non-hydrogen) atoms. The lowest BCUT2D eigenvalue weighted by atomic mass is 10.0. The van der Waals surface area contributed by atoms with E-state index in [1.54, 1.807) is 6.20 Å². The van der Waals surface area contributed by atoms with Crippen LogP contribution in [-0.4, -0.2) is 40.7 Å².